The van der Waals surface area contributed by atoms with Crippen LogP contribution >= 0.6 is 0 Å². The summed E-state index contributed by atoms with van der Waals surface area (Å²) in [7, 11) is 0. The van der Waals surface area contributed by atoms with Crippen molar-refractivity contribution in [3.63, 3.8) is 0 Å². The molecule has 0 aromatic rings. The van der Waals surface area contributed by atoms with Crippen molar-refractivity contribution in [2.45, 2.75) is 44.6 Å². The van der Waals surface area contributed by atoms with Gasteiger partial charge in [-0.25, -0.2) is 0 Å². The van der Waals surface area contributed by atoms with Gasteiger partial charge in [0.2, 0.25) is 0 Å². The van der Waals surface area contributed by atoms with Crippen LogP contribution in [0.4, 0.5) is 0 Å². The molecule has 0 heterocycles. The first-order valence-electron chi connectivity index (χ1n) is 4.58. The van der Waals surface area contributed by atoms with Crippen LogP contribution in [0.1, 0.15) is 39.0 Å². The van der Waals surface area contributed by atoms with Gasteiger partial charge in [-0.3, -0.25) is 4.79 Å². The zero-order chi connectivity index (χ0) is 9.19. The molecule has 1 saturated carbocycles. The highest BCUT2D eigenvalue weighted by molar-refractivity contribution is 5.71. The molecule has 3 nitrogen and oxygen atoms in total. The molecule has 1 rings (SSSR count). The van der Waals surface area contributed by atoms with E-state index in [0.717, 1.165) is 25.7 Å². The second-order valence-electron chi connectivity index (χ2n) is 3.85. The number of nitrogens with two attached hydrogens (primary N) is 1. The summed E-state index contributed by atoms with van der Waals surface area (Å²) in [6.07, 6.45) is 5.08. The van der Waals surface area contributed by atoms with Crippen LogP contribution in [0.15, 0.2) is 0 Å². The number of carboxylic acids is 1. The molecule has 1 aliphatic rings. The SMILES string of the molecule is CC(C(=O)O)C1(N)CCCCC1. The van der Waals surface area contributed by atoms with Crippen molar-refractivity contribution in [1.82, 2.24) is 0 Å². The lowest BCUT2D eigenvalue weighted by atomic mass is 9.74. The van der Waals surface area contributed by atoms with Crippen molar-refractivity contribution in [3.05, 3.63) is 0 Å². The minimum Gasteiger partial charge on any atom is -0.481 e. The van der Waals surface area contributed by atoms with Crippen LogP contribution in [0.2, 0.25) is 0 Å². The van der Waals surface area contributed by atoms with Crippen molar-refractivity contribution in [1.29, 1.82) is 0 Å². The van der Waals surface area contributed by atoms with Gasteiger partial charge in [0, 0.05) is 5.54 Å². The van der Waals surface area contributed by atoms with Crippen LogP contribution in [0.3, 0.4) is 0 Å². The number of carboxylic acid groups (broad SMARTS) is 1. The molecule has 0 amide bonds. The van der Waals surface area contributed by atoms with Crippen molar-refractivity contribution in [2.24, 2.45) is 11.7 Å². The van der Waals surface area contributed by atoms with Gasteiger partial charge in [-0.05, 0) is 12.8 Å². The Bertz CT molecular complexity index is 173. The molecule has 3 N–H and O–H groups in total. The van der Waals surface area contributed by atoms with Gasteiger partial charge in [0.1, 0.15) is 0 Å². The largest absolute Gasteiger partial charge is 0.481 e. The summed E-state index contributed by atoms with van der Waals surface area (Å²) in [6.45, 7) is 1.72. The van der Waals surface area contributed by atoms with Gasteiger partial charge in [-0.2, -0.15) is 0 Å². The van der Waals surface area contributed by atoms with E-state index in [2.05, 4.69) is 0 Å². The minimum atomic E-state index is -0.764. The van der Waals surface area contributed by atoms with Gasteiger partial charge >= 0.3 is 5.97 Å². The Labute approximate surface area is 72.9 Å². The maximum atomic E-state index is 10.7. The third-order valence-electron chi connectivity index (χ3n) is 3.02. The highest BCUT2D eigenvalue weighted by atomic mass is 16.4. The number of carbonyl (C=O) groups is 1. The lowest BCUT2D eigenvalue weighted by Crippen LogP contribution is -2.50. The van der Waals surface area contributed by atoms with Gasteiger partial charge in [-0.15, -0.1) is 0 Å². The van der Waals surface area contributed by atoms with E-state index in [1.807, 2.05) is 0 Å². The van der Waals surface area contributed by atoms with Gasteiger partial charge in [0.25, 0.3) is 0 Å². The molecule has 0 aromatic heterocycles. The average Bonchev–Trinajstić information content (AvgIpc) is 2.04. The Kier molecular flexibility index (Phi) is 2.73. The summed E-state index contributed by atoms with van der Waals surface area (Å²) in [4.78, 5) is 10.7. The fourth-order valence-electron chi connectivity index (χ4n) is 1.89. The number of rotatable bonds is 2. The quantitative estimate of drug-likeness (QED) is 0.659. The van der Waals surface area contributed by atoms with E-state index < -0.39 is 17.4 Å². The second-order valence-corrected chi connectivity index (χ2v) is 3.85. The molecule has 1 aliphatic carbocycles. The molecule has 0 aliphatic heterocycles. The van der Waals surface area contributed by atoms with E-state index in [1.165, 1.54) is 6.42 Å². The summed E-state index contributed by atoms with van der Waals surface area (Å²) in [5.74, 6) is -1.17. The van der Waals surface area contributed by atoms with Gasteiger partial charge in [0.05, 0.1) is 5.92 Å². The van der Waals surface area contributed by atoms with Crippen LogP contribution in [0.25, 0.3) is 0 Å². The molecule has 0 aromatic carbocycles. The van der Waals surface area contributed by atoms with Gasteiger partial charge in [0.15, 0.2) is 0 Å². The summed E-state index contributed by atoms with van der Waals surface area (Å²) < 4.78 is 0. The van der Waals surface area contributed by atoms with Crippen molar-refractivity contribution in [3.8, 4) is 0 Å². The first-order valence-corrected chi connectivity index (χ1v) is 4.58. The molecule has 0 spiro atoms. The molecule has 0 bridgehead atoms. The fourth-order valence-corrected chi connectivity index (χ4v) is 1.89. The second kappa shape index (κ2) is 3.44. The summed E-state index contributed by atoms with van der Waals surface area (Å²) in [6, 6.07) is 0. The molecule has 12 heavy (non-hydrogen) atoms. The van der Waals surface area contributed by atoms with Gasteiger partial charge < -0.3 is 10.8 Å². The van der Waals surface area contributed by atoms with Crippen LogP contribution in [-0.2, 0) is 4.79 Å². The van der Waals surface area contributed by atoms with Crippen molar-refractivity contribution in [2.75, 3.05) is 0 Å². The lowest BCUT2D eigenvalue weighted by molar-refractivity contribution is -0.144. The topological polar surface area (TPSA) is 63.3 Å². The summed E-state index contributed by atoms with van der Waals surface area (Å²) in [5, 5.41) is 8.82. The van der Waals surface area contributed by atoms with Crippen LogP contribution in [0, 0.1) is 5.92 Å². The predicted octanol–water partition coefficient (Wildman–Crippen LogP) is 1.37. The third kappa shape index (κ3) is 1.78. The Morgan fingerprint density at radius 2 is 1.92 bits per heavy atom. The molecular weight excluding hydrogens is 154 g/mol. The van der Waals surface area contributed by atoms with Crippen LogP contribution in [-0.4, -0.2) is 16.6 Å². The van der Waals surface area contributed by atoms with Gasteiger partial charge in [-0.1, -0.05) is 26.2 Å². The number of hydrogen-bond donors (Lipinski definition) is 2. The number of aliphatic carboxylic acids is 1. The van der Waals surface area contributed by atoms with Crippen molar-refractivity contribution >= 4 is 5.97 Å². The fraction of sp³-hybridized carbons (Fsp3) is 0.889. The van der Waals surface area contributed by atoms with E-state index in [1.54, 1.807) is 6.92 Å². The zero-order valence-corrected chi connectivity index (χ0v) is 7.55. The normalized spacial score (nSPS) is 24.8. The summed E-state index contributed by atoms with van der Waals surface area (Å²) >= 11 is 0. The highest BCUT2D eigenvalue weighted by Gasteiger charge is 2.37. The molecular formula is C9H17NO2. The summed E-state index contributed by atoms with van der Waals surface area (Å²) in [5.41, 5.74) is 5.58. The van der Waals surface area contributed by atoms with Crippen LogP contribution < -0.4 is 5.73 Å². The maximum Gasteiger partial charge on any atom is 0.308 e. The molecule has 0 radical (unpaired) electrons. The predicted molar refractivity (Wildman–Crippen MR) is 46.8 cm³/mol. The van der Waals surface area contributed by atoms with Crippen molar-refractivity contribution < 1.29 is 9.90 Å². The Hall–Kier alpha value is -0.570. The monoisotopic (exact) mass is 171 g/mol. The lowest BCUT2D eigenvalue weighted by Gasteiger charge is -2.36. The Morgan fingerprint density at radius 3 is 2.33 bits per heavy atom. The standard InChI is InChI=1S/C9H17NO2/c1-7(8(11)12)9(10)5-3-2-4-6-9/h7H,2-6,10H2,1H3,(H,11,12). The van der Waals surface area contributed by atoms with E-state index in [-0.39, 0.29) is 0 Å². The van der Waals surface area contributed by atoms with E-state index >= 15 is 0 Å². The molecule has 1 unspecified atom stereocenters. The minimum absolute atomic E-state index is 0.405. The molecule has 70 valence electrons. The first kappa shape index (κ1) is 9.52. The first-order chi connectivity index (χ1) is 5.56. The zero-order valence-electron chi connectivity index (χ0n) is 7.55. The third-order valence-corrected chi connectivity index (χ3v) is 3.02. The van der Waals surface area contributed by atoms with Crippen LogP contribution in [0.5, 0.6) is 0 Å². The van der Waals surface area contributed by atoms with E-state index in [4.69, 9.17) is 10.8 Å². The Morgan fingerprint density at radius 1 is 1.42 bits per heavy atom. The molecule has 1 fully saturated rings. The average molecular weight is 171 g/mol. The smallest absolute Gasteiger partial charge is 0.308 e. The van der Waals surface area contributed by atoms with E-state index in [9.17, 15) is 4.79 Å². The number of hydrogen-bond acceptors (Lipinski definition) is 2. The molecule has 3 heteroatoms. The molecule has 0 saturated heterocycles. The maximum absolute atomic E-state index is 10.7. The molecule has 1 atom stereocenters. The highest BCUT2D eigenvalue weighted by Crippen LogP contribution is 2.32. The van der Waals surface area contributed by atoms with E-state index in [0.29, 0.717) is 0 Å². The Balaban J connectivity index is 2.62.